The number of anilines is 1. The van der Waals surface area contributed by atoms with Gasteiger partial charge in [0.05, 0.1) is 11.4 Å². The molecule has 0 fully saturated rings. The third kappa shape index (κ3) is 3.49. The van der Waals surface area contributed by atoms with Gasteiger partial charge in [0.15, 0.2) is 5.16 Å². The average molecular weight is 379 g/mol. The van der Waals surface area contributed by atoms with Crippen molar-refractivity contribution in [1.29, 1.82) is 0 Å². The Bertz CT molecular complexity index is 982. The van der Waals surface area contributed by atoms with E-state index in [0.717, 1.165) is 47.3 Å². The summed E-state index contributed by atoms with van der Waals surface area (Å²) in [4.78, 5) is 14.8. The minimum atomic E-state index is 0.115. The molecule has 1 amide bonds. The molecule has 27 heavy (non-hydrogen) atoms. The lowest BCUT2D eigenvalue weighted by Crippen LogP contribution is -2.36. The maximum atomic E-state index is 12.9. The molecule has 0 radical (unpaired) electrons. The van der Waals surface area contributed by atoms with Crippen molar-refractivity contribution in [3.05, 3.63) is 65.5 Å². The highest BCUT2D eigenvalue weighted by Crippen LogP contribution is 2.29. The molecule has 0 N–H and O–H groups in total. The molecule has 3 aromatic rings. The molecule has 0 spiro atoms. The molecule has 2 aromatic carbocycles. The Hall–Kier alpha value is -2.60. The van der Waals surface area contributed by atoms with Gasteiger partial charge in [-0.3, -0.25) is 9.36 Å². The first kappa shape index (κ1) is 17.8. The average Bonchev–Trinajstić information content (AvgIpc) is 3.06. The lowest BCUT2D eigenvalue weighted by Gasteiger charge is -2.29. The second kappa shape index (κ2) is 7.56. The van der Waals surface area contributed by atoms with Crippen LogP contribution in [0.25, 0.3) is 5.69 Å². The summed E-state index contributed by atoms with van der Waals surface area (Å²) in [5.74, 6) is 1.28. The number of nitrogens with zero attached hydrogens (tertiary/aromatic N) is 4. The van der Waals surface area contributed by atoms with E-state index in [1.807, 2.05) is 46.7 Å². The molecule has 1 aliphatic rings. The van der Waals surface area contributed by atoms with Crippen molar-refractivity contribution in [3.8, 4) is 5.69 Å². The van der Waals surface area contributed by atoms with Gasteiger partial charge in [0, 0.05) is 12.2 Å². The first-order valence-electron chi connectivity index (χ1n) is 9.14. The molecule has 0 atom stereocenters. The van der Waals surface area contributed by atoms with E-state index in [-0.39, 0.29) is 5.91 Å². The topological polar surface area (TPSA) is 51.0 Å². The summed E-state index contributed by atoms with van der Waals surface area (Å²) >= 11 is 1.45. The van der Waals surface area contributed by atoms with E-state index in [1.54, 1.807) is 0 Å². The lowest BCUT2D eigenvalue weighted by atomic mass is 10.0. The molecule has 0 aliphatic carbocycles. The summed E-state index contributed by atoms with van der Waals surface area (Å²) in [7, 11) is 0. The van der Waals surface area contributed by atoms with Gasteiger partial charge in [-0.2, -0.15) is 0 Å². The van der Waals surface area contributed by atoms with Gasteiger partial charge in [-0.1, -0.05) is 48.2 Å². The van der Waals surface area contributed by atoms with Crippen LogP contribution in [-0.4, -0.2) is 33.0 Å². The Morgan fingerprint density at radius 2 is 1.78 bits per heavy atom. The first-order chi connectivity index (χ1) is 13.1. The highest BCUT2D eigenvalue weighted by molar-refractivity contribution is 7.99. The summed E-state index contributed by atoms with van der Waals surface area (Å²) in [6.07, 6.45) is 2.04. The van der Waals surface area contributed by atoms with Gasteiger partial charge >= 0.3 is 0 Å². The van der Waals surface area contributed by atoms with Crippen LogP contribution in [0.5, 0.6) is 0 Å². The maximum Gasteiger partial charge on any atom is 0.237 e. The van der Waals surface area contributed by atoms with E-state index in [0.29, 0.717) is 5.75 Å². The number of thioether (sulfide) groups is 1. The summed E-state index contributed by atoms with van der Waals surface area (Å²) in [6.45, 7) is 4.78. The van der Waals surface area contributed by atoms with Crippen molar-refractivity contribution in [3.63, 3.8) is 0 Å². The number of benzene rings is 2. The molecule has 0 unspecified atom stereocenters. The molecule has 2 heterocycles. The summed E-state index contributed by atoms with van der Waals surface area (Å²) in [6, 6.07) is 16.3. The Labute approximate surface area is 163 Å². The Morgan fingerprint density at radius 1 is 1.04 bits per heavy atom. The van der Waals surface area contributed by atoms with Crippen LogP contribution in [0.1, 0.15) is 23.4 Å². The zero-order valence-corrected chi connectivity index (χ0v) is 16.4. The van der Waals surface area contributed by atoms with Crippen LogP contribution >= 0.6 is 11.8 Å². The number of fused-ring (bicyclic) bond motifs is 1. The van der Waals surface area contributed by atoms with Crippen molar-refractivity contribution in [2.75, 3.05) is 17.2 Å². The summed E-state index contributed by atoms with van der Waals surface area (Å²) in [5.41, 5.74) is 4.50. The lowest BCUT2D eigenvalue weighted by molar-refractivity contribution is -0.116. The number of amides is 1. The third-order valence-corrected chi connectivity index (χ3v) is 5.80. The van der Waals surface area contributed by atoms with Gasteiger partial charge in [-0.05, 0) is 49.9 Å². The fourth-order valence-corrected chi connectivity index (χ4v) is 4.39. The van der Waals surface area contributed by atoms with Gasteiger partial charge in [0.2, 0.25) is 5.91 Å². The second-order valence-corrected chi connectivity index (χ2v) is 7.66. The minimum Gasteiger partial charge on any atom is -0.311 e. The highest BCUT2D eigenvalue weighted by atomic mass is 32.2. The van der Waals surface area contributed by atoms with Crippen LogP contribution in [0.4, 0.5) is 5.69 Å². The SMILES string of the molecule is Cc1ccccc1-n1c(C)nnc1SCC(=O)N1CCCc2ccccc21. The van der Waals surface area contributed by atoms with Gasteiger partial charge in [-0.15, -0.1) is 10.2 Å². The van der Waals surface area contributed by atoms with Crippen molar-refractivity contribution in [2.45, 2.75) is 31.8 Å². The highest BCUT2D eigenvalue weighted by Gasteiger charge is 2.23. The maximum absolute atomic E-state index is 12.9. The van der Waals surface area contributed by atoms with Gasteiger partial charge < -0.3 is 4.90 Å². The molecule has 4 rings (SSSR count). The van der Waals surface area contributed by atoms with E-state index < -0.39 is 0 Å². The molecule has 1 aromatic heterocycles. The van der Waals surface area contributed by atoms with Crippen LogP contribution < -0.4 is 4.90 Å². The van der Waals surface area contributed by atoms with Crippen LogP contribution in [0.2, 0.25) is 0 Å². The second-order valence-electron chi connectivity index (χ2n) is 6.72. The molecular weight excluding hydrogens is 356 g/mol. The quantitative estimate of drug-likeness (QED) is 0.645. The largest absolute Gasteiger partial charge is 0.311 e. The number of carbonyl (C=O) groups is 1. The molecule has 0 saturated carbocycles. The predicted molar refractivity (Wildman–Crippen MR) is 109 cm³/mol. The van der Waals surface area contributed by atoms with Crippen LogP contribution in [-0.2, 0) is 11.2 Å². The molecule has 5 nitrogen and oxygen atoms in total. The Kier molecular flexibility index (Phi) is 4.99. The molecule has 0 saturated heterocycles. The number of carbonyl (C=O) groups excluding carboxylic acids is 1. The number of aryl methyl sites for hydroxylation is 3. The number of hydrogen-bond donors (Lipinski definition) is 0. The Morgan fingerprint density at radius 3 is 2.59 bits per heavy atom. The number of aromatic nitrogens is 3. The number of para-hydroxylation sites is 2. The van der Waals surface area contributed by atoms with Crippen LogP contribution in [0.15, 0.2) is 53.7 Å². The zero-order chi connectivity index (χ0) is 18.8. The smallest absolute Gasteiger partial charge is 0.237 e. The molecule has 6 heteroatoms. The van der Waals surface area contributed by atoms with Crippen molar-refractivity contribution in [1.82, 2.24) is 14.8 Å². The van der Waals surface area contributed by atoms with Crippen LogP contribution in [0.3, 0.4) is 0 Å². The Balaban J connectivity index is 1.54. The van der Waals surface area contributed by atoms with Crippen LogP contribution in [0, 0.1) is 13.8 Å². The van der Waals surface area contributed by atoms with Crippen molar-refractivity contribution >= 4 is 23.4 Å². The van der Waals surface area contributed by atoms with Gasteiger partial charge in [-0.25, -0.2) is 0 Å². The summed E-state index contributed by atoms with van der Waals surface area (Å²) < 4.78 is 2.03. The standard InChI is InChI=1S/C21H22N4OS/c1-15-8-3-5-11-18(15)25-16(2)22-23-21(25)27-14-20(26)24-13-7-10-17-9-4-6-12-19(17)24/h3-6,8-9,11-12H,7,10,13-14H2,1-2H3. The van der Waals surface area contributed by atoms with Gasteiger partial charge in [0.25, 0.3) is 0 Å². The van der Waals surface area contributed by atoms with E-state index >= 15 is 0 Å². The minimum absolute atomic E-state index is 0.115. The predicted octanol–water partition coefficient (Wildman–Crippen LogP) is 3.96. The monoisotopic (exact) mass is 378 g/mol. The number of rotatable bonds is 4. The molecule has 0 bridgehead atoms. The van der Waals surface area contributed by atoms with Crippen molar-refractivity contribution < 1.29 is 4.79 Å². The summed E-state index contributed by atoms with van der Waals surface area (Å²) in [5, 5.41) is 9.28. The normalized spacial score (nSPS) is 13.5. The van der Waals surface area contributed by atoms with E-state index in [1.165, 1.54) is 17.3 Å². The van der Waals surface area contributed by atoms with E-state index in [9.17, 15) is 4.79 Å². The fraction of sp³-hybridized carbons (Fsp3) is 0.286. The van der Waals surface area contributed by atoms with E-state index in [4.69, 9.17) is 0 Å². The molecule has 1 aliphatic heterocycles. The zero-order valence-electron chi connectivity index (χ0n) is 15.6. The van der Waals surface area contributed by atoms with E-state index in [2.05, 4.69) is 35.3 Å². The van der Waals surface area contributed by atoms with Gasteiger partial charge in [0.1, 0.15) is 5.82 Å². The first-order valence-corrected chi connectivity index (χ1v) is 10.1. The third-order valence-electron chi connectivity index (χ3n) is 4.89. The molecular formula is C21H22N4OS. The number of hydrogen-bond acceptors (Lipinski definition) is 4. The van der Waals surface area contributed by atoms with Crippen molar-refractivity contribution in [2.24, 2.45) is 0 Å². The fourth-order valence-electron chi connectivity index (χ4n) is 3.52. The molecule has 138 valence electrons.